The topological polar surface area (TPSA) is 68.0 Å². The van der Waals surface area contributed by atoms with Gasteiger partial charge in [0.1, 0.15) is 15.5 Å². The minimum absolute atomic E-state index is 0.0611. The summed E-state index contributed by atoms with van der Waals surface area (Å²) >= 11 is 7.03. The van der Waals surface area contributed by atoms with Crippen molar-refractivity contribution in [3.05, 3.63) is 52.2 Å². The summed E-state index contributed by atoms with van der Waals surface area (Å²) in [6, 6.07) is 7.69. The zero-order valence-electron chi connectivity index (χ0n) is 10.6. The van der Waals surface area contributed by atoms with E-state index >= 15 is 0 Å². The van der Waals surface area contributed by atoms with Gasteiger partial charge in [-0.2, -0.15) is 0 Å². The van der Waals surface area contributed by atoms with E-state index in [4.69, 9.17) is 17.3 Å². The molecule has 0 aliphatic heterocycles. The number of rotatable bonds is 2. The number of amides is 1. The first-order chi connectivity index (χ1) is 10.1. The molecular formula is C14H9ClFN3OS. The van der Waals surface area contributed by atoms with Gasteiger partial charge in [0.25, 0.3) is 5.91 Å². The number of fused-ring (bicyclic) bond motifs is 1. The summed E-state index contributed by atoms with van der Waals surface area (Å²) in [6.07, 6.45) is 1.62. The van der Waals surface area contributed by atoms with Crippen molar-refractivity contribution in [3.63, 3.8) is 0 Å². The van der Waals surface area contributed by atoms with E-state index in [1.165, 1.54) is 18.2 Å². The van der Waals surface area contributed by atoms with Crippen molar-refractivity contribution in [2.45, 2.75) is 0 Å². The van der Waals surface area contributed by atoms with E-state index in [9.17, 15) is 9.18 Å². The number of nitrogens with zero attached hydrogens (tertiary/aromatic N) is 1. The number of nitrogen functional groups attached to an aromatic ring is 1. The molecule has 0 unspecified atom stereocenters. The monoisotopic (exact) mass is 321 g/mol. The Bertz CT molecular complexity index is 829. The molecule has 3 N–H and O–H groups in total. The van der Waals surface area contributed by atoms with Crippen molar-refractivity contribution in [1.29, 1.82) is 0 Å². The predicted molar refractivity (Wildman–Crippen MR) is 83.4 cm³/mol. The zero-order chi connectivity index (χ0) is 15.0. The Kier molecular flexibility index (Phi) is 3.48. The van der Waals surface area contributed by atoms with Crippen LogP contribution in [0.4, 0.5) is 15.8 Å². The van der Waals surface area contributed by atoms with Crippen molar-refractivity contribution < 1.29 is 9.18 Å². The molecule has 0 bridgehead atoms. The lowest BCUT2D eigenvalue weighted by Gasteiger charge is -2.07. The number of para-hydroxylation sites is 1. The highest BCUT2D eigenvalue weighted by Gasteiger charge is 2.19. The lowest BCUT2D eigenvalue weighted by atomic mass is 10.2. The summed E-state index contributed by atoms with van der Waals surface area (Å²) in [5.74, 6) is -1.11. The minimum atomic E-state index is -0.603. The van der Waals surface area contributed by atoms with Crippen LogP contribution < -0.4 is 11.1 Å². The number of carbonyl (C=O) groups excluding carboxylic acids is 1. The van der Waals surface area contributed by atoms with Crippen LogP contribution in [-0.4, -0.2) is 10.9 Å². The van der Waals surface area contributed by atoms with Crippen LogP contribution in [-0.2, 0) is 0 Å². The standard InChI is InChI=1S/C14H9ClFN3OS/c15-8-4-1-5-9(16)11(8)19-13(20)12-10(17)7-3-2-6-18-14(7)21-12/h1-6H,17H2,(H,19,20). The molecule has 0 spiro atoms. The second kappa shape index (κ2) is 5.31. The molecule has 3 rings (SSSR count). The van der Waals surface area contributed by atoms with Gasteiger partial charge < -0.3 is 11.1 Å². The second-order valence-electron chi connectivity index (χ2n) is 4.25. The number of hydrogen-bond acceptors (Lipinski definition) is 4. The van der Waals surface area contributed by atoms with Gasteiger partial charge in [-0.05, 0) is 24.3 Å². The molecule has 21 heavy (non-hydrogen) atoms. The molecule has 7 heteroatoms. The minimum Gasteiger partial charge on any atom is -0.397 e. The van der Waals surface area contributed by atoms with Crippen molar-refractivity contribution in [3.8, 4) is 0 Å². The molecular weight excluding hydrogens is 313 g/mol. The van der Waals surface area contributed by atoms with E-state index in [1.54, 1.807) is 18.3 Å². The Balaban J connectivity index is 2.00. The average Bonchev–Trinajstić information content (AvgIpc) is 2.81. The number of carbonyl (C=O) groups is 1. The highest BCUT2D eigenvalue weighted by Crippen LogP contribution is 2.33. The maximum atomic E-state index is 13.7. The second-order valence-corrected chi connectivity index (χ2v) is 5.66. The molecule has 2 heterocycles. The molecule has 0 saturated heterocycles. The summed E-state index contributed by atoms with van der Waals surface area (Å²) in [6.45, 7) is 0. The number of thiophene rings is 1. The smallest absolute Gasteiger partial charge is 0.268 e. The summed E-state index contributed by atoms with van der Waals surface area (Å²) in [7, 11) is 0. The molecule has 0 atom stereocenters. The maximum absolute atomic E-state index is 13.7. The molecule has 1 amide bonds. The number of halogens is 2. The molecule has 106 valence electrons. The summed E-state index contributed by atoms with van der Waals surface area (Å²) in [5.41, 5.74) is 6.22. The Morgan fingerprint density at radius 2 is 2.14 bits per heavy atom. The highest BCUT2D eigenvalue weighted by molar-refractivity contribution is 7.21. The lowest BCUT2D eigenvalue weighted by molar-refractivity contribution is 0.103. The van der Waals surface area contributed by atoms with Crippen molar-refractivity contribution in [2.24, 2.45) is 0 Å². The van der Waals surface area contributed by atoms with E-state index in [1.807, 2.05) is 0 Å². The van der Waals surface area contributed by atoms with Crippen LogP contribution in [0, 0.1) is 5.82 Å². The van der Waals surface area contributed by atoms with Crippen molar-refractivity contribution in [2.75, 3.05) is 11.1 Å². The van der Waals surface area contributed by atoms with E-state index in [0.717, 1.165) is 11.3 Å². The van der Waals surface area contributed by atoms with Crippen LogP contribution in [0.2, 0.25) is 5.02 Å². The van der Waals surface area contributed by atoms with Gasteiger partial charge in [-0.15, -0.1) is 11.3 Å². The quantitative estimate of drug-likeness (QED) is 0.751. The van der Waals surface area contributed by atoms with Gasteiger partial charge in [0.2, 0.25) is 0 Å². The summed E-state index contributed by atoms with van der Waals surface area (Å²) in [5, 5.41) is 3.28. The summed E-state index contributed by atoms with van der Waals surface area (Å²) in [4.78, 5) is 17.4. The molecule has 1 aromatic carbocycles. The van der Waals surface area contributed by atoms with Crippen LogP contribution in [0.1, 0.15) is 9.67 Å². The molecule has 0 aliphatic rings. The number of anilines is 2. The van der Waals surface area contributed by atoms with Crippen LogP contribution in [0.25, 0.3) is 10.2 Å². The van der Waals surface area contributed by atoms with Crippen LogP contribution in [0.3, 0.4) is 0 Å². The molecule has 0 saturated carbocycles. The normalized spacial score (nSPS) is 10.8. The molecule has 4 nitrogen and oxygen atoms in total. The number of benzene rings is 1. The van der Waals surface area contributed by atoms with Gasteiger partial charge in [0.15, 0.2) is 0 Å². The van der Waals surface area contributed by atoms with Gasteiger partial charge in [0, 0.05) is 11.6 Å². The van der Waals surface area contributed by atoms with Gasteiger partial charge in [-0.25, -0.2) is 9.37 Å². The lowest BCUT2D eigenvalue weighted by Crippen LogP contribution is -2.13. The largest absolute Gasteiger partial charge is 0.397 e. The Morgan fingerprint density at radius 3 is 2.86 bits per heavy atom. The van der Waals surface area contributed by atoms with Gasteiger partial charge in [-0.3, -0.25) is 4.79 Å². The van der Waals surface area contributed by atoms with E-state index in [-0.39, 0.29) is 15.6 Å². The van der Waals surface area contributed by atoms with Gasteiger partial charge in [-0.1, -0.05) is 17.7 Å². The number of hydrogen-bond donors (Lipinski definition) is 2. The van der Waals surface area contributed by atoms with E-state index in [0.29, 0.717) is 15.9 Å². The number of nitrogens with one attached hydrogen (secondary N) is 1. The fourth-order valence-corrected chi connectivity index (χ4v) is 3.08. The average molecular weight is 322 g/mol. The first-order valence-electron chi connectivity index (χ1n) is 5.96. The van der Waals surface area contributed by atoms with E-state index < -0.39 is 11.7 Å². The number of nitrogens with two attached hydrogens (primary N) is 1. The van der Waals surface area contributed by atoms with Crippen LogP contribution in [0.15, 0.2) is 36.5 Å². The fourth-order valence-electron chi connectivity index (χ4n) is 1.91. The summed E-state index contributed by atoms with van der Waals surface area (Å²) < 4.78 is 13.7. The maximum Gasteiger partial charge on any atom is 0.268 e. The van der Waals surface area contributed by atoms with E-state index in [2.05, 4.69) is 10.3 Å². The van der Waals surface area contributed by atoms with Gasteiger partial charge >= 0.3 is 0 Å². The Morgan fingerprint density at radius 1 is 1.33 bits per heavy atom. The third kappa shape index (κ3) is 2.43. The first kappa shape index (κ1) is 13.8. The molecule has 3 aromatic rings. The third-order valence-corrected chi connectivity index (χ3v) is 4.36. The van der Waals surface area contributed by atoms with Crippen LogP contribution in [0.5, 0.6) is 0 Å². The van der Waals surface area contributed by atoms with Gasteiger partial charge in [0.05, 0.1) is 16.4 Å². The SMILES string of the molecule is Nc1c(C(=O)Nc2c(F)cccc2Cl)sc2ncccc12. The molecule has 2 aromatic heterocycles. The highest BCUT2D eigenvalue weighted by atomic mass is 35.5. The predicted octanol–water partition coefficient (Wildman–Crippen LogP) is 3.92. The van der Waals surface area contributed by atoms with Crippen molar-refractivity contribution >= 4 is 50.4 Å². The Labute approximate surface area is 128 Å². The third-order valence-electron chi connectivity index (χ3n) is 2.91. The Hall–Kier alpha value is -2.18. The van der Waals surface area contributed by atoms with Crippen molar-refractivity contribution in [1.82, 2.24) is 4.98 Å². The molecule has 0 radical (unpaired) electrons. The fraction of sp³-hybridized carbons (Fsp3) is 0. The zero-order valence-corrected chi connectivity index (χ0v) is 12.1. The number of pyridine rings is 1. The molecule has 0 fully saturated rings. The number of aromatic nitrogens is 1. The first-order valence-corrected chi connectivity index (χ1v) is 7.15. The van der Waals surface area contributed by atoms with Crippen LogP contribution >= 0.6 is 22.9 Å². The molecule has 0 aliphatic carbocycles.